The summed E-state index contributed by atoms with van der Waals surface area (Å²) in [6.45, 7) is 0.388. The lowest BCUT2D eigenvalue weighted by atomic mass is 10.2. The molecule has 0 aliphatic rings. The highest BCUT2D eigenvalue weighted by Crippen LogP contribution is 2.35. The highest BCUT2D eigenvalue weighted by Gasteiger charge is 2.12. The van der Waals surface area contributed by atoms with E-state index in [0.717, 1.165) is 0 Å². The Labute approximate surface area is 163 Å². The molecule has 0 atom stereocenters. The third-order valence-electron chi connectivity index (χ3n) is 3.82. The zero-order valence-corrected chi connectivity index (χ0v) is 16.5. The predicted octanol–water partition coefficient (Wildman–Crippen LogP) is 3.82. The number of anilines is 2. The van der Waals surface area contributed by atoms with Crippen LogP contribution in [0.1, 0.15) is 6.42 Å². The predicted molar refractivity (Wildman–Crippen MR) is 106 cm³/mol. The zero-order chi connectivity index (χ0) is 19.8. The Kier molecular flexibility index (Phi) is 7.43. The second kappa shape index (κ2) is 9.78. The fourth-order valence-corrected chi connectivity index (χ4v) is 2.66. The first-order valence-electron chi connectivity index (χ1n) is 8.19. The zero-order valence-electron chi connectivity index (χ0n) is 15.7. The van der Waals surface area contributed by atoms with Crippen molar-refractivity contribution < 1.29 is 23.7 Å². The Morgan fingerprint density at radius 3 is 2.22 bits per heavy atom. The van der Waals surface area contributed by atoms with E-state index >= 15 is 0 Å². The molecule has 27 heavy (non-hydrogen) atoms. The molecule has 2 aromatic rings. The Balaban J connectivity index is 1.99. The van der Waals surface area contributed by atoms with Crippen molar-refractivity contribution in [2.45, 2.75) is 6.42 Å². The highest BCUT2D eigenvalue weighted by atomic mass is 35.5. The summed E-state index contributed by atoms with van der Waals surface area (Å²) in [5.74, 6) is 2.10. The third-order valence-corrected chi connectivity index (χ3v) is 4.12. The number of amides is 1. The van der Waals surface area contributed by atoms with Gasteiger partial charge in [0.05, 0.1) is 44.8 Å². The van der Waals surface area contributed by atoms with Crippen LogP contribution in [0.25, 0.3) is 0 Å². The molecule has 0 saturated heterocycles. The van der Waals surface area contributed by atoms with E-state index in [-0.39, 0.29) is 12.3 Å². The van der Waals surface area contributed by atoms with Crippen LogP contribution in [0.4, 0.5) is 11.4 Å². The van der Waals surface area contributed by atoms with Gasteiger partial charge >= 0.3 is 0 Å². The van der Waals surface area contributed by atoms with Crippen molar-refractivity contribution in [1.29, 1.82) is 0 Å². The van der Waals surface area contributed by atoms with Crippen LogP contribution < -0.4 is 29.6 Å². The number of carbonyl (C=O) groups is 1. The standard InChI is InChI=1S/C19H23ClN2O5/c1-24-12-5-6-16(25-2)15(9-12)22-19(23)7-8-21-14-11-17(26-3)13(20)10-18(14)27-4/h5-6,9-11,21H,7-8H2,1-4H3,(H,22,23). The number of rotatable bonds is 9. The summed E-state index contributed by atoms with van der Waals surface area (Å²) >= 11 is 6.09. The topological polar surface area (TPSA) is 78.1 Å². The largest absolute Gasteiger partial charge is 0.497 e. The van der Waals surface area contributed by atoms with Gasteiger partial charge in [-0.2, -0.15) is 0 Å². The molecule has 0 fully saturated rings. The molecule has 146 valence electrons. The fraction of sp³-hybridized carbons (Fsp3) is 0.316. The van der Waals surface area contributed by atoms with Gasteiger partial charge in [-0.1, -0.05) is 11.6 Å². The number of nitrogens with one attached hydrogen (secondary N) is 2. The molecular formula is C19H23ClN2O5. The molecule has 2 aromatic carbocycles. The van der Waals surface area contributed by atoms with E-state index in [1.807, 2.05) is 0 Å². The first-order valence-corrected chi connectivity index (χ1v) is 8.57. The summed E-state index contributed by atoms with van der Waals surface area (Å²) in [5.41, 5.74) is 1.23. The minimum absolute atomic E-state index is 0.172. The maximum Gasteiger partial charge on any atom is 0.226 e. The molecular weight excluding hydrogens is 372 g/mol. The molecule has 0 aliphatic heterocycles. The quantitative estimate of drug-likeness (QED) is 0.673. The summed E-state index contributed by atoms with van der Waals surface area (Å²) in [5, 5.41) is 6.42. The summed E-state index contributed by atoms with van der Waals surface area (Å²) in [7, 11) is 6.18. The highest BCUT2D eigenvalue weighted by molar-refractivity contribution is 6.32. The van der Waals surface area contributed by atoms with Crippen molar-refractivity contribution in [3.63, 3.8) is 0 Å². The van der Waals surface area contributed by atoms with Crippen molar-refractivity contribution in [3.8, 4) is 23.0 Å². The van der Waals surface area contributed by atoms with Gasteiger partial charge in [-0.05, 0) is 12.1 Å². The molecule has 0 aromatic heterocycles. The van der Waals surface area contributed by atoms with Gasteiger partial charge in [0, 0.05) is 31.2 Å². The number of hydrogen-bond donors (Lipinski definition) is 2. The van der Waals surface area contributed by atoms with E-state index in [9.17, 15) is 4.79 Å². The molecule has 7 nitrogen and oxygen atoms in total. The van der Waals surface area contributed by atoms with Crippen LogP contribution in [0.5, 0.6) is 23.0 Å². The van der Waals surface area contributed by atoms with Gasteiger partial charge in [0.2, 0.25) is 5.91 Å². The number of methoxy groups -OCH3 is 4. The Morgan fingerprint density at radius 1 is 0.889 bits per heavy atom. The van der Waals surface area contributed by atoms with Gasteiger partial charge in [0.15, 0.2) is 0 Å². The van der Waals surface area contributed by atoms with Crippen molar-refractivity contribution >= 4 is 28.9 Å². The average molecular weight is 395 g/mol. The summed E-state index contributed by atoms with van der Waals surface area (Å²) in [4.78, 5) is 12.3. The SMILES string of the molecule is COc1ccc(OC)c(NC(=O)CCNc2cc(OC)c(Cl)cc2OC)c1. The van der Waals surface area contributed by atoms with Crippen molar-refractivity contribution in [3.05, 3.63) is 35.4 Å². The lowest BCUT2D eigenvalue weighted by molar-refractivity contribution is -0.116. The molecule has 0 aliphatic carbocycles. The molecule has 0 bridgehead atoms. The minimum Gasteiger partial charge on any atom is -0.497 e. The number of benzene rings is 2. The van der Waals surface area contributed by atoms with Crippen LogP contribution >= 0.6 is 11.6 Å². The van der Waals surface area contributed by atoms with Gasteiger partial charge in [-0.25, -0.2) is 0 Å². The van der Waals surface area contributed by atoms with E-state index in [2.05, 4.69) is 10.6 Å². The minimum atomic E-state index is -0.172. The number of hydrogen-bond acceptors (Lipinski definition) is 6. The molecule has 2 rings (SSSR count). The van der Waals surface area contributed by atoms with Crippen LogP contribution in [-0.4, -0.2) is 40.9 Å². The maximum absolute atomic E-state index is 12.3. The molecule has 0 spiro atoms. The molecule has 0 radical (unpaired) electrons. The van der Waals surface area contributed by atoms with Gasteiger partial charge in [0.25, 0.3) is 0 Å². The van der Waals surface area contributed by atoms with Crippen LogP contribution in [0.15, 0.2) is 30.3 Å². The summed E-state index contributed by atoms with van der Waals surface area (Å²) in [6, 6.07) is 8.58. The second-order valence-electron chi connectivity index (χ2n) is 5.48. The molecule has 2 N–H and O–H groups in total. The van der Waals surface area contributed by atoms with Crippen LogP contribution in [0.2, 0.25) is 5.02 Å². The molecule has 8 heteroatoms. The first kappa shape index (κ1) is 20.5. The third kappa shape index (κ3) is 5.34. The number of halogens is 1. The normalized spacial score (nSPS) is 10.1. The Bertz CT molecular complexity index is 798. The van der Waals surface area contributed by atoms with Gasteiger partial charge in [0.1, 0.15) is 23.0 Å². The van der Waals surface area contributed by atoms with Gasteiger partial charge in [-0.3, -0.25) is 4.79 Å². The Morgan fingerprint density at radius 2 is 1.59 bits per heavy atom. The second-order valence-corrected chi connectivity index (χ2v) is 5.89. The van der Waals surface area contributed by atoms with Gasteiger partial charge < -0.3 is 29.6 Å². The molecule has 0 heterocycles. The lowest BCUT2D eigenvalue weighted by Crippen LogP contribution is -2.17. The summed E-state index contributed by atoms with van der Waals surface area (Å²) in [6.07, 6.45) is 0.231. The molecule has 1 amide bonds. The Hall–Kier alpha value is -2.80. The first-order chi connectivity index (χ1) is 13.0. The number of carbonyl (C=O) groups excluding carboxylic acids is 1. The van der Waals surface area contributed by atoms with Crippen molar-refractivity contribution in [2.75, 3.05) is 45.6 Å². The average Bonchev–Trinajstić information content (AvgIpc) is 2.68. The van der Waals surface area contributed by atoms with E-state index in [1.54, 1.807) is 51.7 Å². The van der Waals surface area contributed by atoms with Crippen LogP contribution in [0.3, 0.4) is 0 Å². The smallest absolute Gasteiger partial charge is 0.226 e. The summed E-state index contributed by atoms with van der Waals surface area (Å²) < 4.78 is 20.9. The molecule has 0 unspecified atom stereocenters. The van der Waals surface area contributed by atoms with Gasteiger partial charge in [-0.15, -0.1) is 0 Å². The van der Waals surface area contributed by atoms with E-state index < -0.39 is 0 Å². The fourth-order valence-electron chi connectivity index (χ4n) is 2.43. The maximum atomic E-state index is 12.3. The van der Waals surface area contributed by atoms with Crippen molar-refractivity contribution in [1.82, 2.24) is 0 Å². The van der Waals surface area contributed by atoms with Crippen LogP contribution in [0, 0.1) is 0 Å². The van der Waals surface area contributed by atoms with E-state index in [0.29, 0.717) is 45.9 Å². The lowest BCUT2D eigenvalue weighted by Gasteiger charge is -2.14. The van der Waals surface area contributed by atoms with E-state index in [4.69, 9.17) is 30.5 Å². The molecule has 0 saturated carbocycles. The van der Waals surface area contributed by atoms with E-state index in [1.165, 1.54) is 7.11 Å². The van der Waals surface area contributed by atoms with Crippen molar-refractivity contribution in [2.24, 2.45) is 0 Å². The van der Waals surface area contributed by atoms with Crippen LogP contribution in [-0.2, 0) is 4.79 Å². The number of ether oxygens (including phenoxy) is 4. The monoisotopic (exact) mass is 394 g/mol.